The molecule has 0 aliphatic carbocycles. The Bertz CT molecular complexity index is 976. The summed E-state index contributed by atoms with van der Waals surface area (Å²) in [6.45, 7) is 5.68. The molecule has 1 heterocycles. The van der Waals surface area contributed by atoms with Crippen molar-refractivity contribution in [3.63, 3.8) is 0 Å². The predicted molar refractivity (Wildman–Crippen MR) is 130 cm³/mol. The molecule has 7 heteroatoms. The monoisotopic (exact) mass is 450 g/mol. The highest BCUT2D eigenvalue weighted by molar-refractivity contribution is 8.00. The van der Waals surface area contributed by atoms with Crippen LogP contribution in [-0.2, 0) is 4.79 Å². The van der Waals surface area contributed by atoms with Gasteiger partial charge < -0.3 is 14.9 Å². The molecule has 6 nitrogen and oxygen atoms in total. The van der Waals surface area contributed by atoms with E-state index in [1.54, 1.807) is 11.9 Å². The van der Waals surface area contributed by atoms with Crippen LogP contribution in [0, 0.1) is 18.3 Å². The maximum absolute atomic E-state index is 13.1. The first-order valence-corrected chi connectivity index (χ1v) is 12.0. The smallest absolute Gasteiger partial charge is 0.253 e. The van der Waals surface area contributed by atoms with Crippen LogP contribution in [0.4, 0.5) is 5.69 Å². The molecule has 1 aliphatic rings. The lowest BCUT2D eigenvalue weighted by Gasteiger charge is -2.32. The van der Waals surface area contributed by atoms with Crippen molar-refractivity contribution in [2.75, 3.05) is 30.1 Å². The number of likely N-dealkylation sites (tertiary alicyclic amines) is 1. The Morgan fingerprint density at radius 3 is 2.53 bits per heavy atom. The minimum Gasteiger partial charge on any atom is -0.356 e. The van der Waals surface area contributed by atoms with Crippen molar-refractivity contribution >= 4 is 29.4 Å². The fourth-order valence-electron chi connectivity index (χ4n) is 3.83. The number of benzene rings is 2. The zero-order valence-electron chi connectivity index (χ0n) is 18.7. The van der Waals surface area contributed by atoms with E-state index in [1.165, 1.54) is 12.5 Å². The first-order chi connectivity index (χ1) is 15.5. The number of carbonyl (C=O) groups excluding carboxylic acids is 2. The van der Waals surface area contributed by atoms with E-state index in [9.17, 15) is 9.59 Å². The lowest BCUT2D eigenvalue weighted by atomic mass is 9.89. The molecule has 0 spiro atoms. The van der Waals surface area contributed by atoms with E-state index in [4.69, 9.17) is 5.26 Å². The highest BCUT2D eigenvalue weighted by atomic mass is 32.2. The van der Waals surface area contributed by atoms with Gasteiger partial charge in [-0.2, -0.15) is 5.26 Å². The van der Waals surface area contributed by atoms with Gasteiger partial charge in [0, 0.05) is 43.6 Å². The first kappa shape index (κ1) is 23.7. The number of piperidine rings is 1. The van der Waals surface area contributed by atoms with E-state index in [0.717, 1.165) is 49.4 Å². The molecule has 0 saturated carbocycles. The second kappa shape index (κ2) is 11.6. The van der Waals surface area contributed by atoms with Gasteiger partial charge in [0.1, 0.15) is 0 Å². The Kier molecular flexibility index (Phi) is 8.57. The molecule has 3 rings (SSSR count). The third-order valence-electron chi connectivity index (χ3n) is 5.76. The van der Waals surface area contributed by atoms with Gasteiger partial charge in [0.25, 0.3) is 5.91 Å². The van der Waals surface area contributed by atoms with Gasteiger partial charge in [-0.05, 0) is 67.5 Å². The molecule has 32 heavy (non-hydrogen) atoms. The van der Waals surface area contributed by atoms with E-state index in [-0.39, 0.29) is 11.8 Å². The third-order valence-corrected chi connectivity index (χ3v) is 6.61. The zero-order chi connectivity index (χ0) is 22.9. The van der Waals surface area contributed by atoms with Crippen LogP contribution in [0.3, 0.4) is 0 Å². The fourth-order valence-corrected chi connectivity index (χ4v) is 4.60. The van der Waals surface area contributed by atoms with Crippen LogP contribution in [0.1, 0.15) is 59.2 Å². The molecular weight excluding hydrogens is 420 g/mol. The van der Waals surface area contributed by atoms with Crippen molar-refractivity contribution in [3.8, 4) is 6.07 Å². The van der Waals surface area contributed by atoms with Gasteiger partial charge in [-0.15, -0.1) is 0 Å². The lowest BCUT2D eigenvalue weighted by molar-refractivity contribution is -0.118. The van der Waals surface area contributed by atoms with Gasteiger partial charge in [0.15, 0.2) is 0 Å². The molecule has 0 radical (unpaired) electrons. The lowest BCUT2D eigenvalue weighted by Crippen LogP contribution is -2.37. The number of amides is 2. The first-order valence-electron chi connectivity index (χ1n) is 11.0. The van der Waals surface area contributed by atoms with Crippen LogP contribution >= 0.6 is 11.9 Å². The highest BCUT2D eigenvalue weighted by Crippen LogP contribution is 2.29. The number of carbonyl (C=O) groups is 2. The summed E-state index contributed by atoms with van der Waals surface area (Å²) in [5.74, 6) is 1.35. The third kappa shape index (κ3) is 6.51. The van der Waals surface area contributed by atoms with E-state index < -0.39 is 0 Å². The van der Waals surface area contributed by atoms with Crippen LogP contribution < -0.4 is 10.0 Å². The molecule has 2 amide bonds. The molecule has 2 aromatic carbocycles. The zero-order valence-corrected chi connectivity index (χ0v) is 19.5. The number of aryl methyl sites for hydroxylation is 1. The van der Waals surface area contributed by atoms with Crippen molar-refractivity contribution in [3.05, 3.63) is 64.7 Å². The van der Waals surface area contributed by atoms with Gasteiger partial charge in [-0.3, -0.25) is 9.59 Å². The van der Waals surface area contributed by atoms with Crippen LogP contribution in [0.15, 0.2) is 42.5 Å². The molecule has 0 bridgehead atoms. The Hall–Kier alpha value is -2.98. The number of rotatable bonds is 8. The summed E-state index contributed by atoms with van der Waals surface area (Å²) in [7, 11) is 0. The molecule has 2 N–H and O–H groups in total. The summed E-state index contributed by atoms with van der Waals surface area (Å²) in [5, 5.41) is 11.8. The van der Waals surface area contributed by atoms with E-state index in [0.29, 0.717) is 23.6 Å². The SMILES string of the molecule is CC(=O)NCCCSNc1cc(C(=O)N2CCC(c3ccc(C#N)cc3)CC2)ccc1C. The average Bonchev–Trinajstić information content (AvgIpc) is 2.82. The second-order valence-electron chi connectivity index (χ2n) is 8.12. The fraction of sp³-hybridized carbons (Fsp3) is 0.400. The highest BCUT2D eigenvalue weighted by Gasteiger charge is 2.25. The number of nitriles is 1. The molecule has 2 aromatic rings. The van der Waals surface area contributed by atoms with Crippen LogP contribution in [0.2, 0.25) is 0 Å². The minimum atomic E-state index is -0.00838. The quantitative estimate of drug-likeness (QED) is 0.458. The summed E-state index contributed by atoms with van der Waals surface area (Å²) < 4.78 is 3.35. The van der Waals surface area contributed by atoms with Crippen molar-refractivity contribution < 1.29 is 9.59 Å². The largest absolute Gasteiger partial charge is 0.356 e. The Balaban J connectivity index is 1.52. The Morgan fingerprint density at radius 2 is 1.88 bits per heavy atom. The second-order valence-corrected chi connectivity index (χ2v) is 9.02. The molecule has 1 aliphatic heterocycles. The van der Waals surface area contributed by atoms with Gasteiger partial charge in [0.2, 0.25) is 5.91 Å². The van der Waals surface area contributed by atoms with Crippen LogP contribution in [-0.4, -0.2) is 42.1 Å². The maximum atomic E-state index is 13.1. The topological polar surface area (TPSA) is 85.2 Å². The van der Waals surface area contributed by atoms with Crippen molar-refractivity contribution in [1.29, 1.82) is 5.26 Å². The number of anilines is 1. The molecule has 168 valence electrons. The summed E-state index contributed by atoms with van der Waals surface area (Å²) >= 11 is 1.58. The van der Waals surface area contributed by atoms with Crippen molar-refractivity contribution in [2.24, 2.45) is 0 Å². The molecular formula is C25H30N4O2S. The van der Waals surface area contributed by atoms with Gasteiger partial charge in [0.05, 0.1) is 11.6 Å². The van der Waals surface area contributed by atoms with Gasteiger partial charge >= 0.3 is 0 Å². The normalized spacial score (nSPS) is 14.0. The molecule has 0 atom stereocenters. The Morgan fingerprint density at radius 1 is 1.16 bits per heavy atom. The summed E-state index contributed by atoms with van der Waals surface area (Å²) in [4.78, 5) is 25.9. The number of nitrogens with one attached hydrogen (secondary N) is 2. The van der Waals surface area contributed by atoms with E-state index >= 15 is 0 Å². The van der Waals surface area contributed by atoms with Crippen molar-refractivity contribution in [1.82, 2.24) is 10.2 Å². The van der Waals surface area contributed by atoms with Crippen LogP contribution in [0.25, 0.3) is 0 Å². The summed E-state index contributed by atoms with van der Waals surface area (Å²) in [6, 6.07) is 15.8. The number of hydrogen-bond acceptors (Lipinski definition) is 5. The van der Waals surface area contributed by atoms with Gasteiger partial charge in [-0.25, -0.2) is 0 Å². The van der Waals surface area contributed by atoms with Crippen LogP contribution in [0.5, 0.6) is 0 Å². The van der Waals surface area contributed by atoms with Gasteiger partial charge in [-0.1, -0.05) is 30.1 Å². The minimum absolute atomic E-state index is 0.00838. The van der Waals surface area contributed by atoms with E-state index in [1.807, 2.05) is 54.3 Å². The number of nitrogens with zero attached hydrogens (tertiary/aromatic N) is 2. The van der Waals surface area contributed by atoms with E-state index in [2.05, 4.69) is 16.1 Å². The van der Waals surface area contributed by atoms with Crippen molar-refractivity contribution in [2.45, 2.75) is 39.0 Å². The molecule has 0 unspecified atom stereocenters. The maximum Gasteiger partial charge on any atom is 0.253 e. The molecule has 1 saturated heterocycles. The summed E-state index contributed by atoms with van der Waals surface area (Å²) in [5.41, 5.74) is 4.67. The Labute approximate surface area is 194 Å². The molecule has 1 fully saturated rings. The molecule has 0 aromatic heterocycles. The standard InChI is InChI=1S/C25H30N4O2S/c1-18-4-7-23(16-24(18)28-32-15-3-12-27-19(2)30)25(31)29-13-10-22(11-14-29)21-8-5-20(17-26)6-9-21/h4-9,16,22,28H,3,10-15H2,1-2H3,(H,27,30). The summed E-state index contributed by atoms with van der Waals surface area (Å²) in [6.07, 6.45) is 2.74. The average molecular weight is 451 g/mol. The number of hydrogen-bond donors (Lipinski definition) is 2. The predicted octanol–water partition coefficient (Wildman–Crippen LogP) is 4.47.